The van der Waals surface area contributed by atoms with Crippen LogP contribution in [0.4, 0.5) is 11.4 Å². The van der Waals surface area contributed by atoms with Gasteiger partial charge in [-0.2, -0.15) is 0 Å². The Morgan fingerprint density at radius 1 is 0.920 bits per heavy atom. The highest BCUT2D eigenvalue weighted by atomic mass is 35.5. The summed E-state index contributed by atoms with van der Waals surface area (Å²) < 4.78 is 35.2. The summed E-state index contributed by atoms with van der Waals surface area (Å²) in [5.41, 5.74) is 0.982. The molecule has 0 saturated carbocycles. The molecule has 0 aliphatic rings. The Balaban J connectivity index is 1.91. The van der Waals surface area contributed by atoms with Gasteiger partial charge in [0.05, 0.1) is 32.7 Å². The maximum Gasteiger partial charge on any atom is 0.273 e. The minimum absolute atomic E-state index is 0.0572. The van der Waals surface area contributed by atoms with E-state index in [2.05, 4.69) is 5.32 Å². The third-order valence-corrected chi connectivity index (χ3v) is 10.4. The van der Waals surface area contributed by atoms with Gasteiger partial charge in [-0.15, -0.1) is 0 Å². The van der Waals surface area contributed by atoms with Crippen molar-refractivity contribution in [2.45, 2.75) is 50.7 Å². The lowest BCUT2D eigenvalue weighted by molar-refractivity contribution is -0.385. The highest BCUT2D eigenvalue weighted by Gasteiger charge is 2.36. The van der Waals surface area contributed by atoms with Crippen molar-refractivity contribution in [1.29, 1.82) is 0 Å². The molecule has 2 amide bonds. The number of nitrogens with zero attached hydrogens (tertiary/aromatic N) is 3. The topological polar surface area (TPSA) is 139 Å². The minimum Gasteiger partial charge on any atom is -0.495 e. The Hall–Kier alpha value is -4.36. The molecule has 50 heavy (non-hydrogen) atoms. The fourth-order valence-electron chi connectivity index (χ4n) is 5.21. The molecule has 0 heterocycles. The number of carbonyl (C=O) groups excluding carboxylic acids is 2. The van der Waals surface area contributed by atoms with Gasteiger partial charge in [-0.25, -0.2) is 8.42 Å². The summed E-state index contributed by atoms with van der Waals surface area (Å²) in [5.74, 6) is -1.19. The van der Waals surface area contributed by atoms with Crippen molar-refractivity contribution >= 4 is 68.0 Å². The van der Waals surface area contributed by atoms with Crippen molar-refractivity contribution in [1.82, 2.24) is 10.2 Å². The molecule has 264 valence electrons. The molecule has 4 aromatic carbocycles. The molecule has 4 rings (SSSR count). The van der Waals surface area contributed by atoms with Gasteiger partial charge < -0.3 is 15.0 Å². The summed E-state index contributed by atoms with van der Waals surface area (Å²) in [5, 5.41) is 15.3. The lowest BCUT2D eigenvalue weighted by Crippen LogP contribution is -2.54. The van der Waals surface area contributed by atoms with Gasteiger partial charge in [-0.05, 0) is 68.3 Å². The lowest BCUT2D eigenvalue weighted by Gasteiger charge is -2.34. The number of nitro groups is 1. The predicted molar refractivity (Wildman–Crippen MR) is 195 cm³/mol. The van der Waals surface area contributed by atoms with E-state index in [4.69, 9.17) is 39.5 Å². The van der Waals surface area contributed by atoms with Crippen LogP contribution >= 0.6 is 34.8 Å². The van der Waals surface area contributed by atoms with Crippen LogP contribution in [0, 0.1) is 17.0 Å². The number of benzene rings is 4. The number of carbonyl (C=O) groups is 2. The van der Waals surface area contributed by atoms with Crippen LogP contribution in [0.5, 0.6) is 5.75 Å². The number of hydrogen-bond donors (Lipinski definition) is 1. The van der Waals surface area contributed by atoms with Crippen molar-refractivity contribution in [3.05, 3.63) is 127 Å². The molecule has 4 aromatic rings. The van der Waals surface area contributed by atoms with Crippen LogP contribution in [-0.2, 0) is 32.6 Å². The number of hydrogen-bond acceptors (Lipinski definition) is 7. The average molecular weight is 762 g/mol. The Labute approximate surface area is 305 Å². The van der Waals surface area contributed by atoms with Crippen LogP contribution in [0.15, 0.2) is 89.8 Å². The zero-order valence-electron chi connectivity index (χ0n) is 27.6. The normalized spacial score (nSPS) is 11.9. The summed E-state index contributed by atoms with van der Waals surface area (Å²) >= 11 is 18.8. The van der Waals surface area contributed by atoms with Gasteiger partial charge in [0.25, 0.3) is 15.7 Å². The summed E-state index contributed by atoms with van der Waals surface area (Å²) in [6, 6.07) is 20.1. The van der Waals surface area contributed by atoms with Crippen LogP contribution in [0.25, 0.3) is 0 Å². The number of halogens is 3. The van der Waals surface area contributed by atoms with Gasteiger partial charge in [-0.1, -0.05) is 77.3 Å². The van der Waals surface area contributed by atoms with E-state index in [1.54, 1.807) is 44.2 Å². The van der Waals surface area contributed by atoms with E-state index in [1.165, 1.54) is 49.3 Å². The molecule has 0 fully saturated rings. The number of nitrogens with one attached hydrogen (secondary N) is 1. The lowest BCUT2D eigenvalue weighted by atomic mass is 10.0. The summed E-state index contributed by atoms with van der Waals surface area (Å²) in [6.45, 7) is 4.04. The molecule has 1 atom stereocenters. The third-order valence-electron chi connectivity index (χ3n) is 7.69. The Bertz CT molecular complexity index is 2000. The smallest absolute Gasteiger partial charge is 0.273 e. The van der Waals surface area contributed by atoms with Gasteiger partial charge in [0.2, 0.25) is 11.8 Å². The van der Waals surface area contributed by atoms with Crippen molar-refractivity contribution in [2.75, 3.05) is 18.0 Å². The number of nitro benzene ring substituents is 1. The molecule has 0 aliphatic carbocycles. The van der Waals surface area contributed by atoms with Crippen molar-refractivity contribution < 1.29 is 27.7 Å². The van der Waals surface area contributed by atoms with Crippen molar-refractivity contribution in [3.8, 4) is 5.75 Å². The number of methoxy groups -OCH3 is 1. The highest BCUT2D eigenvalue weighted by Crippen LogP contribution is 2.36. The van der Waals surface area contributed by atoms with Gasteiger partial charge in [-0.3, -0.25) is 24.0 Å². The third kappa shape index (κ3) is 9.25. The Morgan fingerprint density at radius 3 is 2.24 bits per heavy atom. The fraction of sp³-hybridized carbons (Fsp3) is 0.257. The van der Waals surface area contributed by atoms with Gasteiger partial charge in [0.1, 0.15) is 18.3 Å². The molecule has 15 heteroatoms. The summed E-state index contributed by atoms with van der Waals surface area (Å²) in [7, 11) is -3.39. The molecular formula is C35H35Cl3N4O7S. The monoisotopic (exact) mass is 760 g/mol. The van der Waals surface area contributed by atoms with Gasteiger partial charge in [0.15, 0.2) is 0 Å². The average Bonchev–Trinajstić information content (AvgIpc) is 3.06. The number of rotatable bonds is 14. The number of amides is 2. The van der Waals surface area contributed by atoms with Crippen LogP contribution in [0.3, 0.4) is 0 Å². The molecule has 0 aliphatic heterocycles. The molecule has 1 unspecified atom stereocenters. The molecule has 1 N–H and O–H groups in total. The molecule has 11 nitrogen and oxygen atoms in total. The predicted octanol–water partition coefficient (Wildman–Crippen LogP) is 7.23. The number of sulfonamides is 1. The summed E-state index contributed by atoms with van der Waals surface area (Å²) in [4.78, 5) is 40.5. The van der Waals surface area contributed by atoms with E-state index in [0.717, 1.165) is 15.9 Å². The van der Waals surface area contributed by atoms with E-state index in [9.17, 15) is 28.1 Å². The molecule has 0 aromatic heterocycles. The SMILES string of the molecule is COc1ccc(Cl)cc1N(CC(=O)N(Cc1ccc(Cl)c(Cl)c1)C(Cc1ccccc1)C(=O)NC(C)C)S(=O)(=O)c1ccc(C)c([N+](=O)[O-])c1. The first kappa shape index (κ1) is 38.4. The van der Waals surface area contributed by atoms with Crippen LogP contribution in [0.2, 0.25) is 15.1 Å². The van der Waals surface area contributed by atoms with Crippen LogP contribution in [0.1, 0.15) is 30.5 Å². The standard InChI is InChI=1S/C35H35Cl3N4O7S/c1-22(2)39-35(44)32(17-24-8-6-5-7-9-24)40(20-25-11-14-28(37)29(38)16-25)34(43)21-41(31-18-26(36)12-15-33(31)49-4)50(47,48)27-13-10-23(3)30(19-27)42(45)46/h5-16,18-19,22,32H,17,20-21H2,1-4H3,(H,39,44). The van der Waals surface area contributed by atoms with E-state index < -0.39 is 49.9 Å². The molecule has 0 saturated heterocycles. The van der Waals surface area contributed by atoms with Gasteiger partial charge >= 0.3 is 0 Å². The highest BCUT2D eigenvalue weighted by molar-refractivity contribution is 7.92. The quantitative estimate of drug-likeness (QED) is 0.106. The largest absolute Gasteiger partial charge is 0.495 e. The second kappa shape index (κ2) is 16.6. The Kier molecular flexibility index (Phi) is 12.7. The minimum atomic E-state index is -4.71. The van der Waals surface area contributed by atoms with E-state index in [1.807, 2.05) is 18.2 Å². The maximum atomic E-state index is 14.7. The van der Waals surface area contributed by atoms with E-state index in [-0.39, 0.29) is 51.1 Å². The van der Waals surface area contributed by atoms with Crippen LogP contribution < -0.4 is 14.4 Å². The Morgan fingerprint density at radius 2 is 1.62 bits per heavy atom. The number of aryl methyl sites for hydroxylation is 1. The first-order valence-electron chi connectivity index (χ1n) is 15.3. The molecule has 0 spiro atoms. The molecular weight excluding hydrogens is 727 g/mol. The number of ether oxygens (including phenoxy) is 1. The van der Waals surface area contributed by atoms with Crippen molar-refractivity contribution in [3.63, 3.8) is 0 Å². The number of anilines is 1. The first-order valence-corrected chi connectivity index (χ1v) is 17.9. The second-order valence-electron chi connectivity index (χ2n) is 11.7. The van der Waals surface area contributed by atoms with Crippen LogP contribution in [-0.4, -0.2) is 55.8 Å². The van der Waals surface area contributed by atoms with Crippen molar-refractivity contribution in [2.24, 2.45) is 0 Å². The van der Waals surface area contributed by atoms with Gasteiger partial charge in [0, 0.05) is 35.7 Å². The zero-order valence-corrected chi connectivity index (χ0v) is 30.7. The zero-order chi connectivity index (χ0) is 36.7. The second-order valence-corrected chi connectivity index (χ2v) is 14.8. The van der Waals surface area contributed by atoms with E-state index in [0.29, 0.717) is 5.56 Å². The van der Waals surface area contributed by atoms with E-state index >= 15 is 0 Å². The summed E-state index contributed by atoms with van der Waals surface area (Å²) in [6.07, 6.45) is 0.0872. The first-order chi connectivity index (χ1) is 23.6. The fourth-order valence-corrected chi connectivity index (χ4v) is 7.14. The molecule has 0 bridgehead atoms. The maximum absolute atomic E-state index is 14.7. The molecule has 0 radical (unpaired) electrons.